The molecule has 0 heterocycles. The number of carbonyl (C=O) groups excluding carboxylic acids is 1. The third kappa shape index (κ3) is 6.72. The summed E-state index contributed by atoms with van der Waals surface area (Å²) in [6, 6.07) is 1.91. The smallest absolute Gasteiger partial charge is 0.337 e. The quantitative estimate of drug-likeness (QED) is 0.471. The lowest BCUT2D eigenvalue weighted by Crippen LogP contribution is -2.43. The molecule has 0 aliphatic rings. The summed E-state index contributed by atoms with van der Waals surface area (Å²) >= 11 is 0. The second-order valence-corrected chi connectivity index (χ2v) is 8.24. The third-order valence-corrected chi connectivity index (χ3v) is 7.24. The Bertz CT molecular complexity index is 255. The van der Waals surface area contributed by atoms with Gasteiger partial charge in [-0.1, -0.05) is 6.92 Å². The normalized spacial score (nSPS) is 11.4. The molecule has 0 aliphatic heterocycles. The highest BCUT2D eigenvalue weighted by molar-refractivity contribution is 6.67. The Labute approximate surface area is 125 Å². The van der Waals surface area contributed by atoms with Crippen LogP contribution in [0.4, 0.5) is 4.79 Å². The van der Waals surface area contributed by atoms with Gasteiger partial charge in [-0.05, 0) is 46.2 Å². The minimum absolute atomic E-state index is 0.0200. The Morgan fingerprint density at radius 2 is 1.60 bits per heavy atom. The molecule has 0 bridgehead atoms. The molecular formula is C14H32N2O3Si. The van der Waals surface area contributed by atoms with Crippen LogP contribution in [0.15, 0.2) is 0 Å². The first-order chi connectivity index (χ1) is 9.59. The van der Waals surface area contributed by atoms with Crippen LogP contribution >= 0.6 is 0 Å². The van der Waals surface area contributed by atoms with Gasteiger partial charge in [-0.3, -0.25) is 0 Å². The minimum Gasteiger partial charge on any atom is -0.394 e. The summed E-state index contributed by atoms with van der Waals surface area (Å²) in [5, 5.41) is 2.96. The van der Waals surface area contributed by atoms with Gasteiger partial charge < -0.3 is 19.1 Å². The lowest BCUT2D eigenvalue weighted by molar-refractivity contribution is 0.182. The van der Waals surface area contributed by atoms with Gasteiger partial charge in [0.15, 0.2) is 0 Å². The maximum atomic E-state index is 11.8. The van der Waals surface area contributed by atoms with Crippen LogP contribution in [0.2, 0.25) is 12.1 Å². The number of carbonyl (C=O) groups is 1. The van der Waals surface area contributed by atoms with Crippen LogP contribution in [0.1, 0.15) is 41.0 Å². The molecule has 0 rings (SSSR count). The minimum atomic E-state index is -2.05. The molecule has 5 nitrogen and oxygen atoms in total. The van der Waals surface area contributed by atoms with E-state index in [0.29, 0.717) is 19.8 Å². The van der Waals surface area contributed by atoms with E-state index in [1.807, 2.05) is 27.7 Å². The van der Waals surface area contributed by atoms with Crippen molar-refractivity contribution in [3.63, 3.8) is 0 Å². The second-order valence-electron chi connectivity index (χ2n) is 4.64. The molecule has 0 atom stereocenters. The number of nitrogens with zero attached hydrogens (tertiary/aromatic N) is 1. The van der Waals surface area contributed by atoms with Gasteiger partial charge in [-0.15, -0.1) is 0 Å². The summed E-state index contributed by atoms with van der Waals surface area (Å²) in [6.07, 6.45) is 0.910. The summed E-state index contributed by atoms with van der Waals surface area (Å²) in [5.41, 5.74) is 0. The van der Waals surface area contributed by atoms with E-state index >= 15 is 0 Å². The fourth-order valence-corrected chi connectivity index (χ4v) is 5.17. The van der Waals surface area contributed by atoms with Gasteiger partial charge in [-0.25, -0.2) is 4.79 Å². The van der Waals surface area contributed by atoms with Gasteiger partial charge in [0, 0.05) is 32.8 Å². The zero-order valence-electron chi connectivity index (χ0n) is 13.8. The highest BCUT2D eigenvalue weighted by Crippen LogP contribution is 2.20. The number of rotatable bonds is 11. The Morgan fingerprint density at radius 1 is 1.05 bits per heavy atom. The zero-order chi connectivity index (χ0) is 15.4. The number of hydrogen-bond donors (Lipinski definition) is 1. The lowest BCUT2D eigenvalue weighted by Gasteiger charge is -2.29. The van der Waals surface area contributed by atoms with Crippen LogP contribution in [-0.4, -0.2) is 52.3 Å². The number of urea groups is 1. The predicted octanol–water partition coefficient (Wildman–Crippen LogP) is 2.96. The van der Waals surface area contributed by atoms with E-state index in [4.69, 9.17) is 8.85 Å². The zero-order valence-corrected chi connectivity index (χ0v) is 14.8. The fourth-order valence-electron chi connectivity index (χ4n) is 2.27. The van der Waals surface area contributed by atoms with Crippen molar-refractivity contribution in [1.82, 2.24) is 10.2 Å². The predicted molar refractivity (Wildman–Crippen MR) is 85.2 cm³/mol. The van der Waals surface area contributed by atoms with Crippen LogP contribution in [0.3, 0.4) is 0 Å². The molecule has 0 saturated carbocycles. The van der Waals surface area contributed by atoms with Crippen molar-refractivity contribution in [2.45, 2.75) is 53.1 Å². The van der Waals surface area contributed by atoms with Crippen molar-refractivity contribution in [3.8, 4) is 0 Å². The Morgan fingerprint density at radius 3 is 2.00 bits per heavy atom. The van der Waals surface area contributed by atoms with E-state index in [1.165, 1.54) is 0 Å². The summed E-state index contributed by atoms with van der Waals surface area (Å²) in [6.45, 7) is 13.7. The van der Waals surface area contributed by atoms with E-state index in [1.54, 1.807) is 4.90 Å². The van der Waals surface area contributed by atoms with Crippen molar-refractivity contribution in [3.05, 3.63) is 0 Å². The molecule has 0 fully saturated rings. The van der Waals surface area contributed by atoms with Gasteiger partial charge in [0.05, 0.1) is 0 Å². The Balaban J connectivity index is 4.14. The van der Waals surface area contributed by atoms with Crippen LogP contribution < -0.4 is 5.32 Å². The topological polar surface area (TPSA) is 50.8 Å². The molecule has 0 aliphatic carbocycles. The molecule has 0 aromatic heterocycles. The molecule has 0 spiro atoms. The first-order valence-electron chi connectivity index (χ1n) is 7.89. The van der Waals surface area contributed by atoms with Crippen molar-refractivity contribution >= 4 is 14.6 Å². The van der Waals surface area contributed by atoms with Crippen LogP contribution in [0, 0.1) is 0 Å². The molecule has 6 heteroatoms. The van der Waals surface area contributed by atoms with Gasteiger partial charge in [0.2, 0.25) is 0 Å². The second kappa shape index (κ2) is 11.1. The van der Waals surface area contributed by atoms with E-state index < -0.39 is 8.56 Å². The molecular weight excluding hydrogens is 272 g/mol. The molecule has 0 aromatic rings. The number of hydrogen-bond acceptors (Lipinski definition) is 3. The van der Waals surface area contributed by atoms with E-state index in [-0.39, 0.29) is 6.03 Å². The Hall–Kier alpha value is -0.593. The van der Waals surface area contributed by atoms with Crippen molar-refractivity contribution in [1.29, 1.82) is 0 Å². The average Bonchev–Trinajstić information content (AvgIpc) is 2.45. The molecule has 20 heavy (non-hydrogen) atoms. The first-order valence-corrected chi connectivity index (χ1v) is 10.1. The first kappa shape index (κ1) is 19.4. The average molecular weight is 305 g/mol. The largest absolute Gasteiger partial charge is 0.394 e. The Kier molecular flexibility index (Phi) is 10.8. The van der Waals surface area contributed by atoms with E-state index in [2.05, 4.69) is 12.2 Å². The van der Waals surface area contributed by atoms with Crippen molar-refractivity contribution in [2.24, 2.45) is 0 Å². The fraction of sp³-hybridized carbons (Fsp3) is 0.929. The molecule has 120 valence electrons. The molecule has 0 radical (unpaired) electrons. The standard InChI is InChI=1S/C14H32N2O3Si/c1-6-16(7-2)14(17)15-12-11-13-20(10-5,18-8-3)19-9-4/h6-13H2,1-5H3,(H,15,17). The molecule has 0 unspecified atom stereocenters. The summed E-state index contributed by atoms with van der Waals surface area (Å²) in [4.78, 5) is 13.6. The third-order valence-electron chi connectivity index (χ3n) is 3.41. The van der Waals surface area contributed by atoms with Gasteiger partial charge in [0.25, 0.3) is 0 Å². The highest BCUT2D eigenvalue weighted by atomic mass is 28.4. The molecule has 0 saturated heterocycles. The van der Waals surface area contributed by atoms with E-state index in [9.17, 15) is 4.79 Å². The van der Waals surface area contributed by atoms with Gasteiger partial charge in [-0.2, -0.15) is 0 Å². The van der Waals surface area contributed by atoms with Crippen molar-refractivity contribution < 1.29 is 13.6 Å². The maximum Gasteiger partial charge on any atom is 0.337 e. The van der Waals surface area contributed by atoms with E-state index in [0.717, 1.165) is 31.6 Å². The maximum absolute atomic E-state index is 11.8. The summed E-state index contributed by atoms with van der Waals surface area (Å²) in [5.74, 6) is 0. The lowest BCUT2D eigenvalue weighted by atomic mass is 10.4. The van der Waals surface area contributed by atoms with Crippen molar-refractivity contribution in [2.75, 3.05) is 32.8 Å². The van der Waals surface area contributed by atoms with Crippen LogP contribution in [-0.2, 0) is 8.85 Å². The molecule has 2 amide bonds. The number of nitrogens with one attached hydrogen (secondary N) is 1. The van der Waals surface area contributed by atoms with Gasteiger partial charge in [0.1, 0.15) is 0 Å². The SMILES string of the molecule is CCO[Si](CC)(CCCNC(=O)N(CC)CC)OCC. The molecule has 1 N–H and O–H groups in total. The summed E-state index contributed by atoms with van der Waals surface area (Å²) < 4.78 is 11.8. The monoisotopic (exact) mass is 304 g/mol. The van der Waals surface area contributed by atoms with Crippen LogP contribution in [0.25, 0.3) is 0 Å². The molecule has 0 aromatic carbocycles. The van der Waals surface area contributed by atoms with Crippen LogP contribution in [0.5, 0.6) is 0 Å². The highest BCUT2D eigenvalue weighted by Gasteiger charge is 2.34. The number of amides is 2. The van der Waals surface area contributed by atoms with Gasteiger partial charge >= 0.3 is 14.6 Å². The summed E-state index contributed by atoms with van der Waals surface area (Å²) in [7, 11) is -2.05.